The van der Waals surface area contributed by atoms with Crippen molar-refractivity contribution in [3.8, 4) is 0 Å². The number of aromatic nitrogens is 2. The minimum absolute atomic E-state index is 0.0629. The van der Waals surface area contributed by atoms with Gasteiger partial charge in [0.05, 0.1) is 23.3 Å². The van der Waals surface area contributed by atoms with Gasteiger partial charge in [0.1, 0.15) is 0 Å². The van der Waals surface area contributed by atoms with E-state index in [-0.39, 0.29) is 5.91 Å². The summed E-state index contributed by atoms with van der Waals surface area (Å²) in [6.07, 6.45) is 0. The fourth-order valence-electron chi connectivity index (χ4n) is 2.06. The van der Waals surface area contributed by atoms with Crippen LogP contribution in [0.3, 0.4) is 0 Å². The van der Waals surface area contributed by atoms with Crippen LogP contribution in [-0.4, -0.2) is 27.8 Å². The molecule has 5 nitrogen and oxygen atoms in total. The maximum Gasteiger partial charge on any atom is 0.266 e. The number of H-pyrrole nitrogens is 1. The summed E-state index contributed by atoms with van der Waals surface area (Å²) >= 11 is 6.50. The zero-order chi connectivity index (χ0) is 15.0. The number of amides is 1. The molecule has 0 spiro atoms. The third-order valence-electron chi connectivity index (χ3n) is 3.24. The lowest BCUT2D eigenvalue weighted by atomic mass is 10.2. The highest BCUT2D eigenvalue weighted by Crippen LogP contribution is 2.19. The number of aryl methyl sites for hydroxylation is 1. The topological polar surface area (TPSA) is 62.1 Å². The number of oxazole rings is 1. The van der Waals surface area contributed by atoms with Gasteiger partial charge in [-0.05, 0) is 37.3 Å². The number of fused-ring (bicyclic) bond motifs is 1. The van der Waals surface area contributed by atoms with Crippen LogP contribution in [0, 0.1) is 11.8 Å². The largest absolute Gasteiger partial charge is 0.429 e. The molecule has 0 atom stereocenters. The van der Waals surface area contributed by atoms with Gasteiger partial charge in [-0.2, -0.15) is 0 Å². The Morgan fingerprint density at radius 1 is 1.52 bits per heavy atom. The van der Waals surface area contributed by atoms with Crippen molar-refractivity contribution in [1.29, 1.82) is 0 Å². The summed E-state index contributed by atoms with van der Waals surface area (Å²) in [5.74, 6) is -0.0629. The molecule has 0 bridgehead atoms. The molecule has 0 saturated heterocycles. The molecule has 21 heavy (non-hydrogen) atoms. The van der Waals surface area contributed by atoms with Gasteiger partial charge in [0, 0.05) is 17.5 Å². The van der Waals surface area contributed by atoms with Crippen LogP contribution in [-0.2, 0) is 6.54 Å². The minimum atomic E-state index is -0.0629. The Balaban J connectivity index is 1.85. The quantitative estimate of drug-likeness (QED) is 0.750. The molecule has 1 amide bonds. The molecular weight excluding hydrogens is 306 g/mol. The first-order valence-electron chi connectivity index (χ1n) is 6.32. The molecule has 108 valence electrons. The van der Waals surface area contributed by atoms with Crippen molar-refractivity contribution in [2.45, 2.75) is 13.5 Å². The summed E-state index contributed by atoms with van der Waals surface area (Å²) in [5.41, 5.74) is 4.71. The molecule has 0 fully saturated rings. The van der Waals surface area contributed by atoms with Gasteiger partial charge in [0.25, 0.3) is 10.7 Å². The monoisotopic (exact) mass is 319 g/mol. The first-order chi connectivity index (χ1) is 10.0. The van der Waals surface area contributed by atoms with Crippen molar-refractivity contribution in [3.05, 3.63) is 44.7 Å². The zero-order valence-electron chi connectivity index (χ0n) is 11.5. The van der Waals surface area contributed by atoms with Gasteiger partial charge in [0.15, 0.2) is 5.58 Å². The van der Waals surface area contributed by atoms with E-state index in [1.54, 1.807) is 47.0 Å². The summed E-state index contributed by atoms with van der Waals surface area (Å²) in [7, 11) is 1.78. The number of thiazole rings is 1. The molecule has 0 aliphatic carbocycles. The molecule has 7 heteroatoms. The Kier molecular flexibility index (Phi) is 3.60. The van der Waals surface area contributed by atoms with E-state index in [4.69, 9.17) is 16.6 Å². The van der Waals surface area contributed by atoms with Gasteiger partial charge in [-0.15, -0.1) is 11.3 Å². The van der Waals surface area contributed by atoms with Gasteiger partial charge >= 0.3 is 0 Å². The predicted octanol–water partition coefficient (Wildman–Crippen LogP) is 3.53. The molecule has 0 unspecified atom stereocenters. The standard InChI is InChI=1S/C14H13N3O2S2/c1-8-12(21-7-15-8)6-17(2)13(18)9-3-4-10-11(5-9)19-14(20)16-10/h3-5,7H,6H2,1-2H3,(H,16,20). The van der Waals surface area contributed by atoms with Crippen LogP contribution in [0.4, 0.5) is 0 Å². The number of rotatable bonds is 3. The second-order valence-corrected chi connectivity index (χ2v) is 6.06. The minimum Gasteiger partial charge on any atom is -0.429 e. The van der Waals surface area contributed by atoms with Gasteiger partial charge in [-0.25, -0.2) is 4.98 Å². The molecule has 0 aliphatic heterocycles. The summed E-state index contributed by atoms with van der Waals surface area (Å²) < 4.78 is 5.34. The lowest BCUT2D eigenvalue weighted by Gasteiger charge is -2.16. The molecule has 2 aromatic heterocycles. The fraction of sp³-hybridized carbons (Fsp3) is 0.214. The predicted molar refractivity (Wildman–Crippen MR) is 84.0 cm³/mol. The van der Waals surface area contributed by atoms with Crippen molar-refractivity contribution in [1.82, 2.24) is 14.9 Å². The zero-order valence-corrected chi connectivity index (χ0v) is 13.2. The Labute approximate surface area is 130 Å². The average molecular weight is 319 g/mol. The third kappa shape index (κ3) is 2.74. The smallest absolute Gasteiger partial charge is 0.266 e. The van der Waals surface area contributed by atoms with Crippen LogP contribution in [0.2, 0.25) is 0 Å². The lowest BCUT2D eigenvalue weighted by molar-refractivity contribution is 0.0786. The van der Waals surface area contributed by atoms with Crippen molar-refractivity contribution < 1.29 is 9.21 Å². The van der Waals surface area contributed by atoms with Crippen LogP contribution in [0.1, 0.15) is 20.9 Å². The van der Waals surface area contributed by atoms with Crippen LogP contribution in [0.15, 0.2) is 28.1 Å². The highest BCUT2D eigenvalue weighted by molar-refractivity contribution is 7.71. The van der Waals surface area contributed by atoms with E-state index in [1.807, 2.05) is 6.92 Å². The first kappa shape index (κ1) is 14.0. The Morgan fingerprint density at radius 3 is 3.05 bits per heavy atom. The van der Waals surface area contributed by atoms with E-state index < -0.39 is 0 Å². The maximum atomic E-state index is 12.5. The van der Waals surface area contributed by atoms with Gasteiger partial charge in [-0.3, -0.25) is 4.79 Å². The number of nitrogens with zero attached hydrogens (tertiary/aromatic N) is 2. The van der Waals surface area contributed by atoms with Crippen molar-refractivity contribution in [2.75, 3.05) is 7.05 Å². The normalized spacial score (nSPS) is 11.0. The van der Waals surface area contributed by atoms with Crippen LogP contribution < -0.4 is 0 Å². The number of benzene rings is 1. The van der Waals surface area contributed by atoms with Gasteiger partial charge in [-0.1, -0.05) is 0 Å². The van der Waals surface area contributed by atoms with E-state index >= 15 is 0 Å². The van der Waals surface area contributed by atoms with E-state index in [0.717, 1.165) is 16.1 Å². The Morgan fingerprint density at radius 2 is 2.33 bits per heavy atom. The second-order valence-electron chi connectivity index (χ2n) is 4.75. The van der Waals surface area contributed by atoms with E-state index in [1.165, 1.54) is 0 Å². The highest BCUT2D eigenvalue weighted by atomic mass is 32.1. The van der Waals surface area contributed by atoms with Crippen molar-refractivity contribution in [3.63, 3.8) is 0 Å². The van der Waals surface area contributed by atoms with E-state index in [2.05, 4.69) is 9.97 Å². The van der Waals surface area contributed by atoms with Gasteiger partial charge in [0.2, 0.25) is 0 Å². The Hall–Kier alpha value is -1.99. The van der Waals surface area contributed by atoms with Crippen LogP contribution >= 0.6 is 23.6 Å². The molecule has 3 rings (SSSR count). The van der Waals surface area contributed by atoms with Gasteiger partial charge < -0.3 is 14.3 Å². The lowest BCUT2D eigenvalue weighted by Crippen LogP contribution is -2.26. The number of nitrogens with one attached hydrogen (secondary N) is 1. The third-order valence-corrected chi connectivity index (χ3v) is 4.35. The number of hydrogen-bond acceptors (Lipinski definition) is 5. The summed E-state index contributed by atoms with van der Waals surface area (Å²) in [6, 6.07) is 5.27. The highest BCUT2D eigenvalue weighted by Gasteiger charge is 2.15. The Bertz CT molecular complexity index is 862. The average Bonchev–Trinajstić information content (AvgIpc) is 3.02. The SMILES string of the molecule is Cc1ncsc1CN(C)C(=O)c1ccc2[nH]c(=S)oc2c1. The molecule has 0 radical (unpaired) electrons. The summed E-state index contributed by atoms with van der Waals surface area (Å²) in [5, 5.41) is 0. The molecule has 0 aliphatic rings. The number of aromatic amines is 1. The maximum absolute atomic E-state index is 12.5. The molecule has 3 aromatic rings. The van der Waals surface area contributed by atoms with Crippen LogP contribution in [0.25, 0.3) is 11.1 Å². The number of carbonyl (C=O) groups excluding carboxylic acids is 1. The summed E-state index contributed by atoms with van der Waals surface area (Å²) in [6.45, 7) is 2.49. The summed E-state index contributed by atoms with van der Waals surface area (Å²) in [4.78, 5) is 22.6. The van der Waals surface area contributed by atoms with Crippen molar-refractivity contribution >= 4 is 40.6 Å². The molecule has 1 N–H and O–H groups in total. The molecular formula is C14H13N3O2S2. The second kappa shape index (κ2) is 5.42. The first-order valence-corrected chi connectivity index (χ1v) is 7.60. The fourth-order valence-corrected chi connectivity index (χ4v) is 3.09. The van der Waals surface area contributed by atoms with Crippen molar-refractivity contribution in [2.24, 2.45) is 0 Å². The number of carbonyl (C=O) groups is 1. The van der Waals surface area contributed by atoms with Crippen LogP contribution in [0.5, 0.6) is 0 Å². The molecule has 2 heterocycles. The molecule has 1 aromatic carbocycles. The van der Waals surface area contributed by atoms with E-state index in [9.17, 15) is 4.79 Å². The molecule has 0 saturated carbocycles. The number of hydrogen-bond donors (Lipinski definition) is 1. The van der Waals surface area contributed by atoms with E-state index in [0.29, 0.717) is 22.5 Å².